The minimum atomic E-state index is 0.606. The lowest BCUT2D eigenvalue weighted by Gasteiger charge is -2.18. The van der Waals surface area contributed by atoms with E-state index in [1.165, 1.54) is 22.3 Å². The third kappa shape index (κ3) is 3.91. The molecule has 0 unspecified atom stereocenters. The molecule has 2 aromatic carbocycles. The highest BCUT2D eigenvalue weighted by molar-refractivity contribution is 5.27. The molecule has 0 aromatic heterocycles. The predicted molar refractivity (Wildman–Crippen MR) is 80.7 cm³/mol. The highest BCUT2D eigenvalue weighted by Crippen LogP contribution is 2.13. The third-order valence-electron chi connectivity index (χ3n) is 3.35. The van der Waals surface area contributed by atoms with Crippen LogP contribution in [0.5, 0.6) is 0 Å². The van der Waals surface area contributed by atoms with Crippen molar-refractivity contribution < 1.29 is 0 Å². The van der Waals surface area contributed by atoms with Crippen molar-refractivity contribution in [2.75, 3.05) is 7.05 Å². The Hall–Kier alpha value is -1.64. The molecule has 0 atom stereocenters. The van der Waals surface area contributed by atoms with E-state index in [1.807, 2.05) is 6.07 Å². The van der Waals surface area contributed by atoms with Gasteiger partial charge >= 0.3 is 0 Å². The second kappa shape index (κ2) is 6.50. The standard InChI is InChI=1S/C17H22N2/c1-14-7-9-15(10-8-14)12-19(2)13-17-6-4-3-5-16(17)11-18/h3-10H,11-13,18H2,1-2H3. The number of hydrogen-bond donors (Lipinski definition) is 1. The predicted octanol–water partition coefficient (Wildman–Crippen LogP) is 3.09. The van der Waals surface area contributed by atoms with E-state index in [1.54, 1.807) is 0 Å². The van der Waals surface area contributed by atoms with Crippen molar-refractivity contribution in [1.29, 1.82) is 0 Å². The van der Waals surface area contributed by atoms with E-state index >= 15 is 0 Å². The van der Waals surface area contributed by atoms with Crippen LogP contribution in [0.1, 0.15) is 22.3 Å². The fourth-order valence-electron chi connectivity index (χ4n) is 2.26. The smallest absolute Gasteiger partial charge is 0.0237 e. The second-order valence-corrected chi connectivity index (χ2v) is 5.13. The summed E-state index contributed by atoms with van der Waals surface area (Å²) in [6.45, 7) is 4.61. The first-order valence-corrected chi connectivity index (χ1v) is 6.70. The minimum Gasteiger partial charge on any atom is -0.326 e. The average molecular weight is 254 g/mol. The number of hydrogen-bond acceptors (Lipinski definition) is 2. The van der Waals surface area contributed by atoms with Crippen molar-refractivity contribution in [2.45, 2.75) is 26.6 Å². The number of rotatable bonds is 5. The van der Waals surface area contributed by atoms with Crippen LogP contribution in [0.25, 0.3) is 0 Å². The monoisotopic (exact) mass is 254 g/mol. The molecule has 0 saturated carbocycles. The molecular weight excluding hydrogens is 232 g/mol. The van der Waals surface area contributed by atoms with E-state index in [9.17, 15) is 0 Å². The third-order valence-corrected chi connectivity index (χ3v) is 3.35. The lowest BCUT2D eigenvalue weighted by molar-refractivity contribution is 0.318. The van der Waals surface area contributed by atoms with Gasteiger partial charge in [-0.25, -0.2) is 0 Å². The summed E-state index contributed by atoms with van der Waals surface area (Å²) >= 11 is 0. The van der Waals surface area contributed by atoms with Crippen LogP contribution in [-0.4, -0.2) is 11.9 Å². The summed E-state index contributed by atoms with van der Waals surface area (Å²) in [5, 5.41) is 0. The summed E-state index contributed by atoms with van der Waals surface area (Å²) in [6, 6.07) is 17.1. The van der Waals surface area contributed by atoms with Crippen LogP contribution < -0.4 is 5.73 Å². The van der Waals surface area contributed by atoms with Crippen molar-refractivity contribution in [3.63, 3.8) is 0 Å². The summed E-state index contributed by atoms with van der Waals surface area (Å²) < 4.78 is 0. The molecule has 2 N–H and O–H groups in total. The Morgan fingerprint density at radius 1 is 0.895 bits per heavy atom. The largest absolute Gasteiger partial charge is 0.326 e. The Morgan fingerprint density at radius 3 is 2.16 bits per heavy atom. The first kappa shape index (κ1) is 13.8. The van der Waals surface area contributed by atoms with Crippen molar-refractivity contribution in [3.05, 3.63) is 70.8 Å². The minimum absolute atomic E-state index is 0.606. The zero-order valence-corrected chi connectivity index (χ0v) is 11.8. The quantitative estimate of drug-likeness (QED) is 0.888. The summed E-state index contributed by atoms with van der Waals surface area (Å²) in [5.74, 6) is 0. The molecule has 0 amide bonds. The maximum atomic E-state index is 5.78. The molecule has 100 valence electrons. The fraction of sp³-hybridized carbons (Fsp3) is 0.294. The van der Waals surface area contributed by atoms with Crippen LogP contribution in [0.4, 0.5) is 0 Å². The van der Waals surface area contributed by atoms with Crippen molar-refractivity contribution in [2.24, 2.45) is 5.73 Å². The number of nitrogens with two attached hydrogens (primary N) is 1. The number of benzene rings is 2. The molecule has 0 spiro atoms. The summed E-state index contributed by atoms with van der Waals surface area (Å²) in [4.78, 5) is 2.32. The van der Waals surface area contributed by atoms with Crippen molar-refractivity contribution in [3.8, 4) is 0 Å². The van der Waals surface area contributed by atoms with Crippen LogP contribution in [0.3, 0.4) is 0 Å². The summed E-state index contributed by atoms with van der Waals surface area (Å²) in [5.41, 5.74) is 11.0. The van der Waals surface area contributed by atoms with E-state index in [0.717, 1.165) is 13.1 Å². The van der Waals surface area contributed by atoms with Crippen LogP contribution in [-0.2, 0) is 19.6 Å². The van der Waals surface area contributed by atoms with E-state index in [-0.39, 0.29) is 0 Å². The summed E-state index contributed by atoms with van der Waals surface area (Å²) in [7, 11) is 2.15. The van der Waals surface area contributed by atoms with E-state index in [0.29, 0.717) is 6.54 Å². The second-order valence-electron chi connectivity index (χ2n) is 5.13. The van der Waals surface area contributed by atoms with Gasteiger partial charge < -0.3 is 5.73 Å². The zero-order chi connectivity index (χ0) is 13.7. The molecule has 0 aliphatic heterocycles. The lowest BCUT2D eigenvalue weighted by atomic mass is 10.1. The highest BCUT2D eigenvalue weighted by atomic mass is 15.1. The molecule has 2 heteroatoms. The van der Waals surface area contributed by atoms with Gasteiger partial charge in [-0.3, -0.25) is 4.90 Å². The van der Waals surface area contributed by atoms with Crippen LogP contribution in [0, 0.1) is 6.92 Å². The normalized spacial score (nSPS) is 10.9. The van der Waals surface area contributed by atoms with Gasteiger partial charge in [-0.15, -0.1) is 0 Å². The topological polar surface area (TPSA) is 29.3 Å². The molecule has 0 saturated heterocycles. The van der Waals surface area contributed by atoms with Gasteiger partial charge in [0.15, 0.2) is 0 Å². The Labute approximate surface area is 115 Å². The van der Waals surface area contributed by atoms with Crippen molar-refractivity contribution >= 4 is 0 Å². The molecule has 0 aliphatic rings. The van der Waals surface area contributed by atoms with Crippen LogP contribution >= 0.6 is 0 Å². The van der Waals surface area contributed by atoms with E-state index in [4.69, 9.17) is 5.73 Å². The molecule has 0 heterocycles. The zero-order valence-electron chi connectivity index (χ0n) is 11.8. The van der Waals surface area contributed by atoms with Gasteiger partial charge in [0, 0.05) is 19.6 Å². The molecule has 2 rings (SSSR count). The maximum absolute atomic E-state index is 5.78. The molecular formula is C17H22N2. The van der Waals surface area contributed by atoms with Gasteiger partial charge in [0.1, 0.15) is 0 Å². The highest BCUT2D eigenvalue weighted by Gasteiger charge is 2.05. The molecule has 19 heavy (non-hydrogen) atoms. The van der Waals surface area contributed by atoms with E-state index in [2.05, 4.69) is 61.3 Å². The maximum Gasteiger partial charge on any atom is 0.0237 e. The van der Waals surface area contributed by atoms with Crippen LogP contribution in [0.15, 0.2) is 48.5 Å². The Morgan fingerprint density at radius 2 is 1.53 bits per heavy atom. The van der Waals surface area contributed by atoms with Gasteiger partial charge in [0.05, 0.1) is 0 Å². The summed E-state index contributed by atoms with van der Waals surface area (Å²) in [6.07, 6.45) is 0. The van der Waals surface area contributed by atoms with Gasteiger partial charge in [-0.1, -0.05) is 54.1 Å². The fourth-order valence-corrected chi connectivity index (χ4v) is 2.26. The molecule has 0 radical (unpaired) electrons. The molecule has 0 fully saturated rings. The molecule has 0 bridgehead atoms. The Balaban J connectivity index is 2.01. The van der Waals surface area contributed by atoms with E-state index < -0.39 is 0 Å². The van der Waals surface area contributed by atoms with Gasteiger partial charge in [0.2, 0.25) is 0 Å². The number of aryl methyl sites for hydroxylation is 1. The Kier molecular flexibility index (Phi) is 4.72. The van der Waals surface area contributed by atoms with Crippen LogP contribution in [0.2, 0.25) is 0 Å². The first-order chi connectivity index (χ1) is 9.19. The molecule has 0 aliphatic carbocycles. The van der Waals surface area contributed by atoms with Gasteiger partial charge in [-0.05, 0) is 30.7 Å². The van der Waals surface area contributed by atoms with Gasteiger partial charge in [0.25, 0.3) is 0 Å². The first-order valence-electron chi connectivity index (χ1n) is 6.70. The SMILES string of the molecule is Cc1ccc(CN(C)Cc2ccccc2CN)cc1. The average Bonchev–Trinajstić information content (AvgIpc) is 2.42. The Bertz CT molecular complexity index is 517. The molecule has 2 aromatic rings. The lowest BCUT2D eigenvalue weighted by Crippen LogP contribution is -2.18. The number of nitrogens with zero attached hydrogens (tertiary/aromatic N) is 1. The van der Waals surface area contributed by atoms with Gasteiger partial charge in [-0.2, -0.15) is 0 Å². The van der Waals surface area contributed by atoms with Crippen molar-refractivity contribution in [1.82, 2.24) is 4.90 Å². The molecule has 2 nitrogen and oxygen atoms in total.